The predicted octanol–water partition coefficient (Wildman–Crippen LogP) is 2.00. The fourth-order valence-electron chi connectivity index (χ4n) is 3.58. The van der Waals surface area contributed by atoms with Gasteiger partial charge in [-0.15, -0.1) is 0 Å². The number of β-amino-alcohol motifs (C(OH)–C–C–N with tert-alkyl or cyclic N) is 1. The van der Waals surface area contributed by atoms with Crippen LogP contribution in [0.25, 0.3) is 0 Å². The molecule has 0 bridgehead atoms. The third-order valence-corrected chi connectivity index (χ3v) is 4.64. The lowest BCUT2D eigenvalue weighted by Gasteiger charge is -2.35. The van der Waals surface area contributed by atoms with E-state index in [1.165, 1.54) is 32.2 Å². The Morgan fingerprint density at radius 3 is 2.39 bits per heavy atom. The second kappa shape index (κ2) is 5.48. The van der Waals surface area contributed by atoms with Gasteiger partial charge in [0, 0.05) is 32.2 Å². The zero-order valence-corrected chi connectivity index (χ0v) is 12.3. The van der Waals surface area contributed by atoms with Crippen LogP contribution in [-0.2, 0) is 0 Å². The molecule has 2 aliphatic rings. The Kier molecular flexibility index (Phi) is 4.35. The van der Waals surface area contributed by atoms with E-state index in [1.807, 2.05) is 6.92 Å². The maximum absolute atomic E-state index is 10.1. The molecule has 1 heterocycles. The third-order valence-electron chi connectivity index (χ3n) is 4.64. The van der Waals surface area contributed by atoms with Gasteiger partial charge in [-0.05, 0) is 31.6 Å². The van der Waals surface area contributed by atoms with Crippen LogP contribution in [0, 0.1) is 5.41 Å². The second-order valence-electron chi connectivity index (χ2n) is 7.20. The number of aliphatic hydroxyl groups is 1. The minimum atomic E-state index is -0.453. The molecule has 1 aliphatic heterocycles. The fraction of sp³-hybridized carbons (Fsp3) is 1.00. The zero-order chi connectivity index (χ0) is 13.2. The van der Waals surface area contributed by atoms with Crippen LogP contribution in [0.4, 0.5) is 0 Å². The highest BCUT2D eigenvalue weighted by Gasteiger charge is 2.39. The van der Waals surface area contributed by atoms with Crippen molar-refractivity contribution in [2.24, 2.45) is 5.41 Å². The number of likely N-dealkylation sites (tertiary alicyclic amines) is 1. The highest BCUT2D eigenvalue weighted by molar-refractivity contribution is 4.94. The number of hydrogen-bond donors (Lipinski definition) is 2. The quantitative estimate of drug-likeness (QED) is 0.788. The normalized spacial score (nSPS) is 32.5. The first-order valence-corrected chi connectivity index (χ1v) is 7.59. The molecule has 0 radical (unpaired) electrons. The molecule has 1 atom stereocenters. The summed E-state index contributed by atoms with van der Waals surface area (Å²) < 4.78 is 0. The predicted molar refractivity (Wildman–Crippen MR) is 75.7 cm³/mol. The first-order chi connectivity index (χ1) is 8.41. The van der Waals surface area contributed by atoms with Gasteiger partial charge >= 0.3 is 0 Å². The standard InChI is InChI=1S/C15H30N2O/c1-13(2)16-10-15(6-4-5-7-15)12-17-9-8-14(3,18)11-17/h13,16,18H,4-12H2,1-3H3. The van der Waals surface area contributed by atoms with Gasteiger partial charge in [0.25, 0.3) is 0 Å². The SMILES string of the molecule is CC(C)NCC1(CN2CCC(C)(O)C2)CCCC1. The highest BCUT2D eigenvalue weighted by atomic mass is 16.3. The summed E-state index contributed by atoms with van der Waals surface area (Å²) in [6.07, 6.45) is 6.39. The maximum atomic E-state index is 10.1. The largest absolute Gasteiger partial charge is 0.389 e. The van der Waals surface area contributed by atoms with Crippen LogP contribution in [0.1, 0.15) is 52.9 Å². The number of nitrogens with zero attached hydrogens (tertiary/aromatic N) is 1. The van der Waals surface area contributed by atoms with Crippen molar-refractivity contribution in [3.05, 3.63) is 0 Å². The molecule has 0 spiro atoms. The summed E-state index contributed by atoms with van der Waals surface area (Å²) in [4.78, 5) is 2.48. The Hall–Kier alpha value is -0.120. The summed E-state index contributed by atoms with van der Waals surface area (Å²) in [5.74, 6) is 0. The lowest BCUT2D eigenvalue weighted by atomic mass is 9.85. The average Bonchev–Trinajstić information content (AvgIpc) is 2.84. The molecule has 2 fully saturated rings. The first kappa shape index (κ1) is 14.3. The summed E-state index contributed by atoms with van der Waals surface area (Å²) in [7, 11) is 0. The van der Waals surface area contributed by atoms with Gasteiger partial charge in [0.2, 0.25) is 0 Å². The highest BCUT2D eigenvalue weighted by Crippen LogP contribution is 2.39. The summed E-state index contributed by atoms with van der Waals surface area (Å²) in [6, 6.07) is 0.573. The average molecular weight is 254 g/mol. The summed E-state index contributed by atoms with van der Waals surface area (Å²) in [6.45, 7) is 10.7. The van der Waals surface area contributed by atoms with Gasteiger partial charge in [0.05, 0.1) is 5.60 Å². The molecule has 2 N–H and O–H groups in total. The molecule has 1 saturated carbocycles. The van der Waals surface area contributed by atoms with E-state index in [4.69, 9.17) is 0 Å². The van der Waals surface area contributed by atoms with Crippen molar-refractivity contribution in [3.8, 4) is 0 Å². The Morgan fingerprint density at radius 2 is 1.89 bits per heavy atom. The van der Waals surface area contributed by atoms with Gasteiger partial charge in [-0.1, -0.05) is 26.7 Å². The van der Waals surface area contributed by atoms with Gasteiger partial charge in [-0.2, -0.15) is 0 Å². The molecule has 1 saturated heterocycles. The first-order valence-electron chi connectivity index (χ1n) is 7.59. The van der Waals surface area contributed by atoms with Crippen molar-refractivity contribution in [1.82, 2.24) is 10.2 Å². The van der Waals surface area contributed by atoms with Crippen LogP contribution in [-0.4, -0.2) is 47.8 Å². The molecular weight excluding hydrogens is 224 g/mol. The van der Waals surface area contributed by atoms with Crippen molar-refractivity contribution < 1.29 is 5.11 Å². The molecule has 0 amide bonds. The Morgan fingerprint density at radius 1 is 1.22 bits per heavy atom. The van der Waals surface area contributed by atoms with Crippen LogP contribution < -0.4 is 5.32 Å². The van der Waals surface area contributed by atoms with Crippen LogP contribution in [0.15, 0.2) is 0 Å². The molecule has 2 rings (SSSR count). The molecule has 0 aromatic rings. The smallest absolute Gasteiger partial charge is 0.0758 e. The zero-order valence-electron chi connectivity index (χ0n) is 12.3. The lowest BCUT2D eigenvalue weighted by Crippen LogP contribution is -2.44. The van der Waals surface area contributed by atoms with E-state index in [0.717, 1.165) is 26.1 Å². The molecule has 3 nitrogen and oxygen atoms in total. The lowest BCUT2D eigenvalue weighted by molar-refractivity contribution is 0.0605. The molecule has 1 aliphatic carbocycles. The Labute approximate surface area is 112 Å². The van der Waals surface area contributed by atoms with Gasteiger partial charge in [-0.25, -0.2) is 0 Å². The number of nitrogens with one attached hydrogen (secondary N) is 1. The van der Waals surface area contributed by atoms with Gasteiger partial charge in [0.1, 0.15) is 0 Å². The summed E-state index contributed by atoms with van der Waals surface area (Å²) in [5.41, 5.74) is 0.00988. The van der Waals surface area contributed by atoms with E-state index >= 15 is 0 Å². The Balaban J connectivity index is 1.90. The molecule has 106 valence electrons. The topological polar surface area (TPSA) is 35.5 Å². The molecule has 0 aromatic heterocycles. The van der Waals surface area contributed by atoms with E-state index in [0.29, 0.717) is 11.5 Å². The van der Waals surface area contributed by atoms with Crippen LogP contribution in [0.3, 0.4) is 0 Å². The minimum absolute atomic E-state index is 0.453. The van der Waals surface area contributed by atoms with Crippen LogP contribution >= 0.6 is 0 Å². The molecule has 1 unspecified atom stereocenters. The van der Waals surface area contributed by atoms with Gasteiger partial charge in [0.15, 0.2) is 0 Å². The Bertz CT molecular complexity index is 270. The molecular formula is C15H30N2O. The number of rotatable bonds is 5. The van der Waals surface area contributed by atoms with Gasteiger partial charge in [-0.3, -0.25) is 4.90 Å². The van der Waals surface area contributed by atoms with Crippen molar-refractivity contribution in [1.29, 1.82) is 0 Å². The van der Waals surface area contributed by atoms with Crippen LogP contribution in [0.5, 0.6) is 0 Å². The number of hydrogen-bond acceptors (Lipinski definition) is 3. The van der Waals surface area contributed by atoms with Gasteiger partial charge < -0.3 is 10.4 Å². The van der Waals surface area contributed by atoms with E-state index in [-0.39, 0.29) is 0 Å². The summed E-state index contributed by atoms with van der Waals surface area (Å²) >= 11 is 0. The van der Waals surface area contributed by atoms with E-state index in [9.17, 15) is 5.11 Å². The van der Waals surface area contributed by atoms with Crippen molar-refractivity contribution in [3.63, 3.8) is 0 Å². The monoisotopic (exact) mass is 254 g/mol. The third kappa shape index (κ3) is 3.69. The maximum Gasteiger partial charge on any atom is 0.0758 e. The molecule has 3 heteroatoms. The minimum Gasteiger partial charge on any atom is -0.389 e. The van der Waals surface area contributed by atoms with E-state index in [1.54, 1.807) is 0 Å². The van der Waals surface area contributed by atoms with Crippen molar-refractivity contribution >= 4 is 0 Å². The second-order valence-corrected chi connectivity index (χ2v) is 7.20. The van der Waals surface area contributed by atoms with Crippen LogP contribution in [0.2, 0.25) is 0 Å². The van der Waals surface area contributed by atoms with E-state index < -0.39 is 5.60 Å². The fourth-order valence-corrected chi connectivity index (χ4v) is 3.58. The van der Waals surface area contributed by atoms with E-state index in [2.05, 4.69) is 24.1 Å². The summed E-state index contributed by atoms with van der Waals surface area (Å²) in [5, 5.41) is 13.7. The van der Waals surface area contributed by atoms with Crippen molar-refractivity contribution in [2.45, 2.75) is 64.5 Å². The molecule has 0 aromatic carbocycles. The molecule has 18 heavy (non-hydrogen) atoms. The van der Waals surface area contributed by atoms with Crippen molar-refractivity contribution in [2.75, 3.05) is 26.2 Å².